The lowest BCUT2D eigenvalue weighted by molar-refractivity contribution is 0.0524. The second kappa shape index (κ2) is 8.24. The number of amides is 1. The van der Waals surface area contributed by atoms with Crippen molar-refractivity contribution in [3.63, 3.8) is 0 Å². The first kappa shape index (κ1) is 21.0. The molecule has 1 saturated heterocycles. The summed E-state index contributed by atoms with van der Waals surface area (Å²) in [5.41, 5.74) is 2.11. The lowest BCUT2D eigenvalue weighted by atomic mass is 9.86. The molecule has 1 unspecified atom stereocenters. The largest absolute Gasteiger partial charge is 0.335 e. The highest BCUT2D eigenvalue weighted by Gasteiger charge is 2.39. The summed E-state index contributed by atoms with van der Waals surface area (Å²) in [6.07, 6.45) is 5.90. The number of rotatable bonds is 5. The molecule has 1 amide bonds. The molecule has 2 aliphatic rings. The van der Waals surface area contributed by atoms with E-state index in [2.05, 4.69) is 29.4 Å². The molecule has 1 aromatic heterocycles. The highest BCUT2D eigenvalue weighted by Crippen LogP contribution is 2.37. The van der Waals surface area contributed by atoms with Crippen LogP contribution in [0.15, 0.2) is 48.7 Å². The van der Waals surface area contributed by atoms with Crippen molar-refractivity contribution in [1.82, 2.24) is 20.4 Å². The third-order valence-corrected chi connectivity index (χ3v) is 7.14. The number of hydrogen-bond acceptors (Lipinski definition) is 4. The first-order valence-electron chi connectivity index (χ1n) is 11.4. The van der Waals surface area contributed by atoms with Crippen molar-refractivity contribution >= 4 is 16.7 Å². The van der Waals surface area contributed by atoms with E-state index in [9.17, 15) is 9.18 Å². The number of halogens is 1. The number of benzene rings is 2. The van der Waals surface area contributed by atoms with E-state index >= 15 is 0 Å². The fraction of sp³-hybridized carbons (Fsp3) is 0.423. The Morgan fingerprint density at radius 2 is 2.03 bits per heavy atom. The number of hydrogen-bond donors (Lipinski definition) is 1. The van der Waals surface area contributed by atoms with Crippen LogP contribution in [0.25, 0.3) is 10.8 Å². The van der Waals surface area contributed by atoms with Crippen LogP contribution in [0, 0.1) is 11.2 Å². The zero-order valence-corrected chi connectivity index (χ0v) is 18.6. The smallest absolute Gasteiger partial charge is 0.256 e. The Labute approximate surface area is 188 Å². The fourth-order valence-electron chi connectivity index (χ4n) is 5.10. The Balaban J connectivity index is 1.28. The summed E-state index contributed by atoms with van der Waals surface area (Å²) >= 11 is 0. The van der Waals surface area contributed by atoms with Crippen molar-refractivity contribution in [2.75, 3.05) is 13.1 Å². The zero-order chi connectivity index (χ0) is 22.3. The van der Waals surface area contributed by atoms with Gasteiger partial charge >= 0.3 is 0 Å². The predicted molar refractivity (Wildman–Crippen MR) is 123 cm³/mol. The minimum Gasteiger partial charge on any atom is -0.335 e. The molecule has 2 aromatic carbocycles. The molecule has 1 N–H and O–H groups in total. The SMILES string of the molecule is CC1(C)CCCC1NC1CN(C(=O)c2cc(Cc3nncc4ccccc34)ccc2F)C1. The number of nitrogens with zero attached hydrogens (tertiary/aromatic N) is 3. The Bertz CT molecular complexity index is 1150. The molecule has 1 saturated carbocycles. The molecular formula is C26H29FN4O. The van der Waals surface area contributed by atoms with Crippen molar-refractivity contribution in [3.05, 3.63) is 71.3 Å². The van der Waals surface area contributed by atoms with Gasteiger partial charge in [0.2, 0.25) is 0 Å². The van der Waals surface area contributed by atoms with Gasteiger partial charge in [-0.05, 0) is 36.0 Å². The molecule has 166 valence electrons. The van der Waals surface area contributed by atoms with Crippen LogP contribution in [-0.2, 0) is 6.42 Å². The van der Waals surface area contributed by atoms with Crippen molar-refractivity contribution in [2.24, 2.45) is 5.41 Å². The van der Waals surface area contributed by atoms with Gasteiger partial charge in [0.15, 0.2) is 0 Å². The molecule has 2 heterocycles. The summed E-state index contributed by atoms with van der Waals surface area (Å²) < 4.78 is 14.6. The third kappa shape index (κ3) is 3.99. The van der Waals surface area contributed by atoms with Gasteiger partial charge < -0.3 is 10.2 Å². The Kier molecular flexibility index (Phi) is 5.41. The summed E-state index contributed by atoms with van der Waals surface area (Å²) in [5, 5.41) is 14.1. The minimum absolute atomic E-state index is 0.135. The molecule has 2 fully saturated rings. The van der Waals surface area contributed by atoms with Crippen molar-refractivity contribution in [2.45, 2.75) is 51.6 Å². The third-order valence-electron chi connectivity index (χ3n) is 7.14. The topological polar surface area (TPSA) is 58.1 Å². The average Bonchev–Trinajstić information content (AvgIpc) is 3.09. The van der Waals surface area contributed by atoms with Crippen LogP contribution in [-0.4, -0.2) is 46.2 Å². The lowest BCUT2D eigenvalue weighted by Crippen LogP contribution is -2.62. The van der Waals surface area contributed by atoms with E-state index in [1.807, 2.05) is 24.3 Å². The zero-order valence-electron chi connectivity index (χ0n) is 18.6. The second-order valence-electron chi connectivity index (χ2n) is 9.88. The average molecular weight is 433 g/mol. The lowest BCUT2D eigenvalue weighted by Gasteiger charge is -2.43. The molecule has 5 rings (SSSR count). The maximum atomic E-state index is 14.6. The van der Waals surface area contributed by atoms with Gasteiger partial charge in [0.05, 0.1) is 17.5 Å². The van der Waals surface area contributed by atoms with Crippen LogP contribution in [0.4, 0.5) is 4.39 Å². The summed E-state index contributed by atoms with van der Waals surface area (Å²) in [5.74, 6) is -0.715. The van der Waals surface area contributed by atoms with Gasteiger partial charge in [-0.1, -0.05) is 50.6 Å². The van der Waals surface area contributed by atoms with Gasteiger partial charge in [-0.2, -0.15) is 10.2 Å². The van der Waals surface area contributed by atoms with Gasteiger partial charge in [0.25, 0.3) is 5.91 Å². The summed E-state index contributed by atoms with van der Waals surface area (Å²) in [4.78, 5) is 14.7. The van der Waals surface area contributed by atoms with Crippen LogP contribution in [0.5, 0.6) is 0 Å². The summed E-state index contributed by atoms with van der Waals surface area (Å²) in [6.45, 7) is 5.87. The van der Waals surface area contributed by atoms with Gasteiger partial charge in [-0.25, -0.2) is 4.39 Å². The highest BCUT2D eigenvalue weighted by atomic mass is 19.1. The maximum absolute atomic E-state index is 14.6. The molecule has 3 aromatic rings. The van der Waals surface area contributed by atoms with E-state index < -0.39 is 5.82 Å². The Morgan fingerprint density at radius 3 is 2.81 bits per heavy atom. The molecule has 1 aliphatic heterocycles. The van der Waals surface area contributed by atoms with Gasteiger partial charge in [0.1, 0.15) is 5.82 Å². The van der Waals surface area contributed by atoms with Crippen LogP contribution in [0.1, 0.15) is 54.7 Å². The first-order chi connectivity index (χ1) is 15.4. The van der Waals surface area contributed by atoms with E-state index in [-0.39, 0.29) is 11.5 Å². The van der Waals surface area contributed by atoms with Crippen LogP contribution in [0.2, 0.25) is 0 Å². The predicted octanol–water partition coefficient (Wildman–Crippen LogP) is 4.35. The fourth-order valence-corrected chi connectivity index (χ4v) is 5.10. The van der Waals surface area contributed by atoms with Gasteiger partial charge in [-0.3, -0.25) is 4.79 Å². The highest BCUT2D eigenvalue weighted by molar-refractivity contribution is 5.95. The van der Waals surface area contributed by atoms with E-state index in [1.54, 1.807) is 23.2 Å². The number of fused-ring (bicyclic) bond motifs is 1. The number of nitrogens with one attached hydrogen (secondary N) is 1. The van der Waals surface area contributed by atoms with Crippen molar-refractivity contribution in [3.8, 4) is 0 Å². The molecule has 0 spiro atoms. The molecule has 0 radical (unpaired) electrons. The summed E-state index contributed by atoms with van der Waals surface area (Å²) in [7, 11) is 0. The van der Waals surface area contributed by atoms with Crippen molar-refractivity contribution < 1.29 is 9.18 Å². The van der Waals surface area contributed by atoms with Crippen LogP contribution in [0.3, 0.4) is 0 Å². The molecule has 1 atom stereocenters. The molecule has 6 heteroatoms. The minimum atomic E-state index is -0.476. The van der Waals surface area contributed by atoms with E-state index in [4.69, 9.17) is 0 Å². The molecule has 1 aliphatic carbocycles. The number of aromatic nitrogens is 2. The van der Waals surface area contributed by atoms with Crippen LogP contribution < -0.4 is 5.32 Å². The number of carbonyl (C=O) groups is 1. The Morgan fingerprint density at radius 1 is 1.22 bits per heavy atom. The molecule has 32 heavy (non-hydrogen) atoms. The molecule has 0 bridgehead atoms. The summed E-state index contributed by atoms with van der Waals surface area (Å²) in [6, 6.07) is 13.5. The van der Waals surface area contributed by atoms with Crippen molar-refractivity contribution in [1.29, 1.82) is 0 Å². The van der Waals surface area contributed by atoms with Crippen LogP contribution >= 0.6 is 0 Å². The standard InChI is InChI=1S/C26H29FN4O/c1-26(2)11-5-8-24(26)29-19-15-31(16-19)25(32)21-12-17(9-10-22(21)27)13-23-20-7-4-3-6-18(20)14-28-30-23/h3-4,6-7,9-10,12,14,19,24,29H,5,8,11,13,15-16H2,1-2H3. The van der Waals surface area contributed by atoms with E-state index in [0.29, 0.717) is 37.0 Å². The molecular weight excluding hydrogens is 403 g/mol. The normalized spacial score (nSPS) is 20.5. The van der Waals surface area contributed by atoms with Gasteiger partial charge in [-0.15, -0.1) is 0 Å². The second-order valence-corrected chi connectivity index (χ2v) is 9.88. The number of likely N-dealkylation sites (tertiary alicyclic amines) is 1. The van der Waals surface area contributed by atoms with E-state index in [0.717, 1.165) is 22.0 Å². The maximum Gasteiger partial charge on any atom is 0.256 e. The van der Waals surface area contributed by atoms with E-state index in [1.165, 1.54) is 25.3 Å². The van der Waals surface area contributed by atoms with Gasteiger partial charge in [0, 0.05) is 42.4 Å². The monoisotopic (exact) mass is 432 g/mol. The molecule has 5 nitrogen and oxygen atoms in total. The quantitative estimate of drug-likeness (QED) is 0.651. The first-order valence-corrected chi connectivity index (χ1v) is 11.4. The number of carbonyl (C=O) groups excluding carboxylic acids is 1. The Hall–Kier alpha value is -2.86.